The maximum atomic E-state index is 13.9. The summed E-state index contributed by atoms with van der Waals surface area (Å²) in [4.78, 5) is 26.9. The predicted molar refractivity (Wildman–Crippen MR) is 138 cm³/mol. The number of halogens is 2. The number of carbonyl (C=O) groups is 1. The van der Waals surface area contributed by atoms with Crippen LogP contribution in [0.4, 0.5) is 14.5 Å². The van der Waals surface area contributed by atoms with Gasteiger partial charge in [-0.15, -0.1) is 0 Å². The number of piperazine rings is 1. The van der Waals surface area contributed by atoms with E-state index in [1.165, 1.54) is 10.5 Å². The van der Waals surface area contributed by atoms with Gasteiger partial charge in [-0.3, -0.25) is 9.59 Å². The zero-order valence-corrected chi connectivity index (χ0v) is 21.9. The molecule has 3 aromatic rings. The molecule has 1 saturated heterocycles. The Hall–Kier alpha value is -3.84. The highest BCUT2D eigenvalue weighted by atomic mass is 32.2. The number of carbonyl (C=O) groups excluding carboxylic acids is 1. The molecular formula is C26H26F2N4O6S. The molecule has 39 heavy (non-hydrogen) atoms. The minimum atomic E-state index is -3.87. The summed E-state index contributed by atoms with van der Waals surface area (Å²) in [7, 11) is -2.75. The van der Waals surface area contributed by atoms with Crippen LogP contribution in [0.3, 0.4) is 0 Å². The topological polar surface area (TPSA) is 111 Å². The fraction of sp³-hybridized carbons (Fsp3) is 0.346. The molecule has 1 aromatic heterocycles. The number of esters is 1. The molecule has 1 fully saturated rings. The van der Waals surface area contributed by atoms with Crippen molar-refractivity contribution in [3.05, 3.63) is 81.8 Å². The molecule has 0 amide bonds. The van der Waals surface area contributed by atoms with Crippen LogP contribution in [0.2, 0.25) is 0 Å². The van der Waals surface area contributed by atoms with Gasteiger partial charge in [-0.1, -0.05) is 24.3 Å². The van der Waals surface area contributed by atoms with Crippen molar-refractivity contribution in [2.75, 3.05) is 43.9 Å². The maximum absolute atomic E-state index is 13.9. The Kier molecular flexibility index (Phi) is 7.36. The van der Waals surface area contributed by atoms with Crippen LogP contribution in [-0.2, 0) is 32.4 Å². The van der Waals surface area contributed by atoms with E-state index in [9.17, 15) is 26.8 Å². The molecule has 2 aromatic carbocycles. The van der Waals surface area contributed by atoms with Crippen LogP contribution in [0.1, 0.15) is 11.1 Å². The highest BCUT2D eigenvalue weighted by molar-refractivity contribution is 7.89. The van der Waals surface area contributed by atoms with Crippen molar-refractivity contribution in [2.24, 2.45) is 0 Å². The lowest BCUT2D eigenvalue weighted by atomic mass is 10.1. The van der Waals surface area contributed by atoms with Crippen molar-refractivity contribution in [3.8, 4) is 11.4 Å². The summed E-state index contributed by atoms with van der Waals surface area (Å²) >= 11 is 0. The first-order valence-corrected chi connectivity index (χ1v) is 13.9. The number of aromatic nitrogens is 2. The number of hydrogen-bond acceptors (Lipinski definition) is 8. The Bertz CT molecular complexity index is 1530. The summed E-state index contributed by atoms with van der Waals surface area (Å²) in [6.45, 7) is 0.514. The number of anilines is 1. The lowest BCUT2D eigenvalue weighted by Gasteiger charge is -2.35. The number of sulfonamides is 1. The summed E-state index contributed by atoms with van der Waals surface area (Å²) in [5.74, 6) is -3.38. The van der Waals surface area contributed by atoms with Gasteiger partial charge >= 0.3 is 11.5 Å². The molecule has 10 nitrogen and oxygen atoms in total. The average Bonchev–Trinajstić information content (AvgIpc) is 3.31. The Morgan fingerprint density at radius 1 is 1.03 bits per heavy atom. The maximum Gasteiger partial charge on any atom is 0.322 e. The van der Waals surface area contributed by atoms with Crippen LogP contribution in [-0.4, -0.2) is 73.6 Å². The standard InChI is InChI=1S/C26H26F2N4O6S/c1-37-24(33)16-39(35,36)31-8-6-30(7-9-31)23-15-29-32(21-13-19(27)12-20(28)14-21)26(34)25(23)38-22-10-17-4-2-3-5-18(17)11-22/h2-5,12-15,22H,6-11,16H2,1H3. The van der Waals surface area contributed by atoms with Gasteiger partial charge in [-0.25, -0.2) is 17.2 Å². The molecule has 0 bridgehead atoms. The van der Waals surface area contributed by atoms with Crippen molar-refractivity contribution >= 4 is 21.7 Å². The average molecular weight is 561 g/mol. The van der Waals surface area contributed by atoms with E-state index in [0.29, 0.717) is 24.6 Å². The molecule has 0 radical (unpaired) electrons. The molecule has 0 spiro atoms. The van der Waals surface area contributed by atoms with E-state index < -0.39 is 38.9 Å². The lowest BCUT2D eigenvalue weighted by Crippen LogP contribution is -2.50. The second-order valence-electron chi connectivity index (χ2n) is 9.34. The Labute approximate surface area is 223 Å². The van der Waals surface area contributed by atoms with Gasteiger partial charge in [0.2, 0.25) is 15.8 Å². The van der Waals surface area contributed by atoms with Crippen molar-refractivity contribution in [1.29, 1.82) is 0 Å². The quantitative estimate of drug-likeness (QED) is 0.402. The summed E-state index contributed by atoms with van der Waals surface area (Å²) in [6.07, 6.45) is 2.17. The number of methoxy groups -OCH3 is 1. The third-order valence-electron chi connectivity index (χ3n) is 6.81. The number of rotatable bonds is 7. The van der Waals surface area contributed by atoms with Crippen molar-refractivity contribution in [1.82, 2.24) is 14.1 Å². The molecule has 13 heteroatoms. The van der Waals surface area contributed by atoms with E-state index in [-0.39, 0.29) is 43.7 Å². The first-order valence-electron chi connectivity index (χ1n) is 12.3. The molecule has 0 atom stereocenters. The third-order valence-corrected chi connectivity index (χ3v) is 8.56. The van der Waals surface area contributed by atoms with Gasteiger partial charge < -0.3 is 14.4 Å². The van der Waals surface area contributed by atoms with E-state index >= 15 is 0 Å². The van der Waals surface area contributed by atoms with Crippen molar-refractivity contribution in [3.63, 3.8) is 0 Å². The summed E-state index contributed by atoms with van der Waals surface area (Å²) < 4.78 is 65.8. The zero-order valence-electron chi connectivity index (χ0n) is 21.0. The Morgan fingerprint density at radius 3 is 2.23 bits per heavy atom. The summed E-state index contributed by atoms with van der Waals surface area (Å²) in [5.41, 5.74) is 1.76. The van der Waals surface area contributed by atoms with Gasteiger partial charge in [0, 0.05) is 45.1 Å². The molecule has 0 unspecified atom stereocenters. The highest BCUT2D eigenvalue weighted by Gasteiger charge is 2.32. The second-order valence-corrected chi connectivity index (χ2v) is 11.3. The van der Waals surface area contributed by atoms with E-state index in [4.69, 9.17) is 4.74 Å². The van der Waals surface area contributed by atoms with Gasteiger partial charge in [0.15, 0.2) is 5.75 Å². The van der Waals surface area contributed by atoms with E-state index in [2.05, 4.69) is 9.84 Å². The fourth-order valence-electron chi connectivity index (χ4n) is 4.89. The Morgan fingerprint density at radius 2 is 1.64 bits per heavy atom. The SMILES string of the molecule is COC(=O)CS(=O)(=O)N1CCN(c2cnn(-c3cc(F)cc(F)c3)c(=O)c2OC2Cc3ccccc3C2)CC1. The van der Waals surface area contributed by atoms with Gasteiger partial charge in [-0.05, 0) is 23.3 Å². The highest BCUT2D eigenvalue weighted by Crippen LogP contribution is 2.31. The largest absolute Gasteiger partial charge is 0.482 e. The minimum absolute atomic E-state index is 0.0432. The van der Waals surface area contributed by atoms with Crippen LogP contribution >= 0.6 is 0 Å². The first kappa shape index (κ1) is 26.8. The monoisotopic (exact) mass is 560 g/mol. The number of fused-ring (bicyclic) bond motifs is 1. The van der Waals surface area contributed by atoms with Crippen molar-refractivity contribution in [2.45, 2.75) is 18.9 Å². The second kappa shape index (κ2) is 10.7. The van der Waals surface area contributed by atoms with Gasteiger partial charge in [0.05, 0.1) is 19.0 Å². The fourth-order valence-corrected chi connectivity index (χ4v) is 6.20. The Balaban J connectivity index is 1.45. The van der Waals surface area contributed by atoms with Crippen LogP contribution in [0, 0.1) is 11.6 Å². The predicted octanol–water partition coefficient (Wildman–Crippen LogP) is 1.68. The number of ether oxygens (including phenoxy) is 2. The van der Waals surface area contributed by atoms with Gasteiger partial charge in [0.25, 0.3) is 0 Å². The van der Waals surface area contributed by atoms with Gasteiger partial charge in [0.1, 0.15) is 23.4 Å². The molecular weight excluding hydrogens is 534 g/mol. The van der Waals surface area contributed by atoms with Gasteiger partial charge in [-0.2, -0.15) is 14.1 Å². The van der Waals surface area contributed by atoms with E-state index in [1.807, 2.05) is 24.3 Å². The molecule has 1 aliphatic carbocycles. The lowest BCUT2D eigenvalue weighted by molar-refractivity contribution is -0.137. The molecule has 5 rings (SSSR count). The molecule has 0 N–H and O–H groups in total. The first-order chi connectivity index (χ1) is 18.6. The molecule has 1 aliphatic heterocycles. The summed E-state index contributed by atoms with van der Waals surface area (Å²) in [6, 6.07) is 10.5. The van der Waals surface area contributed by atoms with E-state index in [0.717, 1.165) is 35.1 Å². The number of benzene rings is 2. The zero-order chi connectivity index (χ0) is 27.7. The summed E-state index contributed by atoms with van der Waals surface area (Å²) in [5, 5.41) is 4.15. The van der Waals surface area contributed by atoms with E-state index in [1.54, 1.807) is 4.90 Å². The van der Waals surface area contributed by atoms with Crippen LogP contribution in [0.15, 0.2) is 53.5 Å². The van der Waals surface area contributed by atoms with Crippen LogP contribution in [0.5, 0.6) is 5.75 Å². The molecule has 206 valence electrons. The molecule has 0 saturated carbocycles. The molecule has 2 heterocycles. The van der Waals surface area contributed by atoms with Crippen molar-refractivity contribution < 1.29 is 31.5 Å². The molecule has 2 aliphatic rings. The normalized spacial score (nSPS) is 16.2. The number of nitrogens with zero attached hydrogens (tertiary/aromatic N) is 4. The van der Waals surface area contributed by atoms with Crippen LogP contribution in [0.25, 0.3) is 5.69 Å². The third kappa shape index (κ3) is 5.64. The van der Waals surface area contributed by atoms with Crippen LogP contribution < -0.4 is 15.2 Å². The smallest absolute Gasteiger partial charge is 0.322 e. The number of hydrogen-bond donors (Lipinski definition) is 0. The minimum Gasteiger partial charge on any atom is -0.482 e.